The summed E-state index contributed by atoms with van der Waals surface area (Å²) in [4.78, 5) is 28.3. The van der Waals surface area contributed by atoms with Crippen LogP contribution in [0, 0.1) is 0 Å². The summed E-state index contributed by atoms with van der Waals surface area (Å²) in [7, 11) is 0. The topological polar surface area (TPSA) is 113 Å². The van der Waals surface area contributed by atoms with E-state index in [1.54, 1.807) is 36.1 Å². The molecule has 0 fully saturated rings. The molecule has 0 aliphatic rings. The van der Waals surface area contributed by atoms with Crippen molar-refractivity contribution in [2.75, 3.05) is 11.9 Å². The van der Waals surface area contributed by atoms with Gasteiger partial charge in [-0.25, -0.2) is 0 Å². The zero-order valence-corrected chi connectivity index (χ0v) is 24.8. The lowest BCUT2D eigenvalue weighted by atomic mass is 9.90. The van der Waals surface area contributed by atoms with Crippen LogP contribution in [0.3, 0.4) is 0 Å². The molecule has 9 nitrogen and oxygen atoms in total. The molecule has 1 heterocycles. The molecule has 0 aliphatic heterocycles. The van der Waals surface area contributed by atoms with Gasteiger partial charge in [-0.2, -0.15) is 18.4 Å². The zero-order valence-electron chi connectivity index (χ0n) is 24.8. The molecule has 0 aliphatic carbocycles. The molecule has 1 aromatic heterocycles. The summed E-state index contributed by atoms with van der Waals surface area (Å²) in [5, 5.41) is 15.7. The third-order valence-corrected chi connectivity index (χ3v) is 7.27. The van der Waals surface area contributed by atoms with Crippen molar-refractivity contribution in [3.63, 3.8) is 0 Å². The second-order valence-electron chi connectivity index (χ2n) is 10.7. The summed E-state index contributed by atoms with van der Waals surface area (Å²) in [5.74, 6) is -0.568. The number of alkyl halides is 3. The minimum Gasteiger partial charge on any atom is -0.481 e. The maximum Gasteiger partial charge on any atom is 0.393 e. The number of hydrogen-bond acceptors (Lipinski definition) is 6. The van der Waals surface area contributed by atoms with Gasteiger partial charge in [0.1, 0.15) is 5.75 Å². The Kier molecular flexibility index (Phi) is 10.1. The number of carbonyl (C=O) groups excluding carboxylic acids is 2. The number of carbonyl (C=O) groups is 2. The first-order valence-electron chi connectivity index (χ1n) is 14.5. The van der Waals surface area contributed by atoms with E-state index in [2.05, 4.69) is 25.9 Å². The summed E-state index contributed by atoms with van der Waals surface area (Å²) in [6, 6.07) is 32.1. The quantitative estimate of drug-likeness (QED) is 0.171. The number of halogens is 3. The van der Waals surface area contributed by atoms with E-state index < -0.39 is 24.6 Å². The van der Waals surface area contributed by atoms with E-state index in [1.165, 1.54) is 24.3 Å². The Bertz CT molecular complexity index is 1660. The number of H-pyrrole nitrogens is 1. The highest BCUT2D eigenvalue weighted by Crippen LogP contribution is 2.28. The van der Waals surface area contributed by atoms with Crippen LogP contribution in [0.2, 0.25) is 0 Å². The number of benzene rings is 4. The monoisotopic (exact) mass is 628 g/mol. The molecule has 0 bridgehead atoms. The van der Waals surface area contributed by atoms with Crippen LogP contribution in [0.1, 0.15) is 45.5 Å². The predicted octanol–water partition coefficient (Wildman–Crippen LogP) is 6.19. The van der Waals surface area contributed by atoms with E-state index in [1.807, 2.05) is 60.7 Å². The molecule has 0 spiro atoms. The number of aromatic nitrogens is 4. The van der Waals surface area contributed by atoms with E-state index in [9.17, 15) is 22.8 Å². The van der Waals surface area contributed by atoms with Crippen LogP contribution in [-0.2, 0) is 17.8 Å². The van der Waals surface area contributed by atoms with E-state index in [0.29, 0.717) is 12.1 Å². The van der Waals surface area contributed by atoms with Crippen LogP contribution in [0.25, 0.3) is 0 Å². The molecule has 1 unspecified atom stereocenters. The summed E-state index contributed by atoms with van der Waals surface area (Å²) >= 11 is 0. The van der Waals surface area contributed by atoms with Crippen LogP contribution in [0.4, 0.5) is 19.1 Å². The van der Waals surface area contributed by atoms with Gasteiger partial charge in [0, 0.05) is 24.6 Å². The minimum atomic E-state index is -4.32. The highest BCUT2D eigenvalue weighted by Gasteiger charge is 2.29. The summed E-state index contributed by atoms with van der Waals surface area (Å²) in [6.07, 6.45) is -6.31. The highest BCUT2D eigenvalue weighted by atomic mass is 19.4. The Hall–Kier alpha value is -5.52. The first-order chi connectivity index (χ1) is 22.1. The van der Waals surface area contributed by atoms with Crippen molar-refractivity contribution in [1.29, 1.82) is 0 Å². The Morgan fingerprint density at radius 3 is 1.98 bits per heavy atom. The van der Waals surface area contributed by atoms with Gasteiger partial charge in [-0.05, 0) is 58.7 Å². The second-order valence-corrected chi connectivity index (χ2v) is 10.7. The van der Waals surface area contributed by atoms with Crippen molar-refractivity contribution >= 4 is 17.8 Å². The smallest absolute Gasteiger partial charge is 0.393 e. The van der Waals surface area contributed by atoms with E-state index in [4.69, 9.17) is 4.74 Å². The van der Waals surface area contributed by atoms with Crippen molar-refractivity contribution in [3.8, 4) is 5.75 Å². The van der Waals surface area contributed by atoms with Crippen LogP contribution in [0.15, 0.2) is 109 Å². The molecule has 12 heteroatoms. The molecule has 5 aromatic rings. The number of hydrogen-bond donors (Lipinski definition) is 2. The fraction of sp³-hybridized carbons (Fsp3) is 0.206. The largest absolute Gasteiger partial charge is 0.481 e. The number of tetrazole rings is 1. The number of nitrogens with zero attached hydrogens (tertiary/aromatic N) is 4. The van der Waals surface area contributed by atoms with Gasteiger partial charge in [0.05, 0.1) is 6.42 Å². The van der Waals surface area contributed by atoms with Crippen molar-refractivity contribution in [2.24, 2.45) is 0 Å². The first kappa shape index (κ1) is 31.9. The first-order valence-corrected chi connectivity index (χ1v) is 14.5. The van der Waals surface area contributed by atoms with Gasteiger partial charge < -0.3 is 9.64 Å². The molecule has 4 aromatic carbocycles. The van der Waals surface area contributed by atoms with Gasteiger partial charge in [0.2, 0.25) is 0 Å². The molecule has 0 saturated carbocycles. The van der Waals surface area contributed by atoms with Crippen molar-refractivity contribution < 1.29 is 27.5 Å². The van der Waals surface area contributed by atoms with Crippen molar-refractivity contribution in [1.82, 2.24) is 25.5 Å². The van der Waals surface area contributed by atoms with Crippen LogP contribution in [-0.4, -0.2) is 56.2 Å². The van der Waals surface area contributed by atoms with Gasteiger partial charge in [-0.3, -0.25) is 14.9 Å². The molecule has 236 valence electrons. The van der Waals surface area contributed by atoms with Crippen LogP contribution in [0.5, 0.6) is 5.75 Å². The predicted molar refractivity (Wildman–Crippen MR) is 165 cm³/mol. The Morgan fingerprint density at radius 2 is 1.43 bits per heavy atom. The number of nitrogens with one attached hydrogen (secondary N) is 2. The van der Waals surface area contributed by atoms with Crippen LogP contribution < -0.4 is 10.1 Å². The molecule has 2 amide bonds. The molecule has 2 N–H and O–H groups in total. The fourth-order valence-electron chi connectivity index (χ4n) is 5.03. The van der Waals surface area contributed by atoms with Gasteiger partial charge in [-0.15, -0.1) is 5.10 Å². The number of anilines is 1. The number of amides is 2. The summed E-state index contributed by atoms with van der Waals surface area (Å²) in [6.45, 7) is 2.13. The minimum absolute atomic E-state index is 0.0442. The Morgan fingerprint density at radius 1 is 0.848 bits per heavy atom. The van der Waals surface area contributed by atoms with E-state index >= 15 is 0 Å². The maximum absolute atomic E-state index is 14.0. The molecule has 0 saturated heterocycles. The molecule has 46 heavy (non-hydrogen) atoms. The fourth-order valence-corrected chi connectivity index (χ4v) is 5.03. The standard InChI is InChI=1S/C34H31F3N6O3/c1-23(46-29-18-14-24(15-19-29)20-34(35,36)37)32(45)43(22-30(26-8-4-2-5-9-26)27-10-6-3-7-11-27)21-25-12-16-28(17-13-25)31(44)38-33-39-41-42-40-33/h2-19,23,30H,20-22H2,1H3,(H2,38,39,40,41,42,44). The van der Waals surface area contributed by atoms with Crippen LogP contribution >= 0.6 is 0 Å². The lowest BCUT2D eigenvalue weighted by Gasteiger charge is -2.31. The molecular weight excluding hydrogens is 597 g/mol. The number of aromatic amines is 1. The summed E-state index contributed by atoms with van der Waals surface area (Å²) < 4.78 is 44.3. The summed E-state index contributed by atoms with van der Waals surface area (Å²) in [5.41, 5.74) is 3.28. The molecule has 0 radical (unpaired) electrons. The van der Waals surface area contributed by atoms with E-state index in [0.717, 1.165) is 16.7 Å². The Balaban J connectivity index is 1.38. The molecular formula is C34H31F3N6O3. The van der Waals surface area contributed by atoms with Gasteiger partial charge >= 0.3 is 6.18 Å². The van der Waals surface area contributed by atoms with E-state index in [-0.39, 0.29) is 35.6 Å². The molecule has 1 atom stereocenters. The maximum atomic E-state index is 14.0. The third kappa shape index (κ3) is 8.78. The normalized spacial score (nSPS) is 12.0. The van der Waals surface area contributed by atoms with Crippen molar-refractivity contribution in [2.45, 2.75) is 38.1 Å². The molecule has 5 rings (SSSR count). The Labute approximate surface area is 263 Å². The van der Waals surface area contributed by atoms with Gasteiger partial charge in [0.15, 0.2) is 6.10 Å². The average Bonchev–Trinajstić information content (AvgIpc) is 3.57. The lowest BCUT2D eigenvalue weighted by Crippen LogP contribution is -2.42. The zero-order chi connectivity index (χ0) is 32.5. The third-order valence-electron chi connectivity index (χ3n) is 7.27. The highest BCUT2D eigenvalue weighted by molar-refractivity contribution is 6.03. The number of ether oxygens (including phenoxy) is 1. The van der Waals surface area contributed by atoms with Gasteiger partial charge in [-0.1, -0.05) is 90.0 Å². The SMILES string of the molecule is CC(Oc1ccc(CC(F)(F)F)cc1)C(=O)N(Cc1ccc(C(=O)Nc2nn[nH]n2)cc1)CC(c1ccccc1)c1ccccc1. The second kappa shape index (κ2) is 14.5. The number of rotatable bonds is 12. The average molecular weight is 629 g/mol. The lowest BCUT2D eigenvalue weighted by molar-refractivity contribution is -0.138. The van der Waals surface area contributed by atoms with Gasteiger partial charge in [0.25, 0.3) is 17.8 Å². The van der Waals surface area contributed by atoms with Crippen molar-refractivity contribution in [3.05, 3.63) is 137 Å².